The van der Waals surface area contributed by atoms with Gasteiger partial charge in [0.1, 0.15) is 5.51 Å². The van der Waals surface area contributed by atoms with E-state index >= 15 is 0 Å². The highest BCUT2D eigenvalue weighted by Gasteiger charge is 2.30. The first kappa shape index (κ1) is 14.6. The fraction of sp³-hybridized carbons (Fsp3) is 0.417. The first-order valence-electron chi connectivity index (χ1n) is 5.71. The Morgan fingerprint density at radius 2 is 2.26 bits per heavy atom. The van der Waals surface area contributed by atoms with Gasteiger partial charge in [0.05, 0.1) is 3.79 Å². The van der Waals surface area contributed by atoms with Crippen LogP contribution in [0.1, 0.15) is 24.3 Å². The Labute approximate surface area is 128 Å². The van der Waals surface area contributed by atoms with Crippen LogP contribution >= 0.6 is 38.6 Å². The van der Waals surface area contributed by atoms with Gasteiger partial charge in [0, 0.05) is 10.3 Å². The van der Waals surface area contributed by atoms with Gasteiger partial charge >= 0.3 is 0 Å². The molecule has 0 bridgehead atoms. The van der Waals surface area contributed by atoms with Crippen LogP contribution in [0, 0.1) is 12.3 Å². The van der Waals surface area contributed by atoms with Crippen molar-refractivity contribution in [1.82, 2.24) is 10.2 Å². The molecule has 0 saturated heterocycles. The third kappa shape index (κ3) is 3.61. The molecule has 0 aliphatic heterocycles. The molecule has 0 aromatic carbocycles. The zero-order valence-corrected chi connectivity index (χ0v) is 14.1. The Morgan fingerprint density at radius 3 is 2.79 bits per heavy atom. The summed E-state index contributed by atoms with van der Waals surface area (Å²) in [6.45, 7) is 5.95. The summed E-state index contributed by atoms with van der Waals surface area (Å²) >= 11 is 6.48. The summed E-state index contributed by atoms with van der Waals surface area (Å²) in [5, 5.41) is 10.9. The van der Waals surface area contributed by atoms with Gasteiger partial charge in [0.15, 0.2) is 0 Å². The molecule has 0 radical (unpaired) electrons. The van der Waals surface area contributed by atoms with E-state index in [0.717, 1.165) is 3.79 Å². The van der Waals surface area contributed by atoms with Crippen molar-refractivity contribution >= 4 is 49.6 Å². The molecule has 102 valence electrons. The second-order valence-corrected chi connectivity index (χ2v) is 8.26. The lowest BCUT2D eigenvalue weighted by Gasteiger charge is -2.22. The molecular weight excluding hydrogens is 346 g/mol. The van der Waals surface area contributed by atoms with Crippen molar-refractivity contribution in [2.24, 2.45) is 5.41 Å². The Bertz CT molecular complexity index is 578. The second-order valence-electron chi connectivity index (χ2n) is 4.92. The number of rotatable bonds is 4. The zero-order chi connectivity index (χ0) is 14.0. The van der Waals surface area contributed by atoms with Gasteiger partial charge in [-0.3, -0.25) is 4.79 Å². The maximum absolute atomic E-state index is 12.3. The molecule has 0 atom stereocenters. The molecular formula is C12H14BrN3OS2. The van der Waals surface area contributed by atoms with Crippen LogP contribution in [0.5, 0.6) is 0 Å². The van der Waals surface area contributed by atoms with Crippen LogP contribution in [0.3, 0.4) is 0 Å². The highest BCUT2D eigenvalue weighted by Crippen LogP contribution is 2.33. The Balaban J connectivity index is 2.09. The van der Waals surface area contributed by atoms with E-state index in [1.807, 2.05) is 13.8 Å². The van der Waals surface area contributed by atoms with Gasteiger partial charge in [-0.15, -0.1) is 21.5 Å². The largest absolute Gasteiger partial charge is 0.300 e. The number of anilines is 1. The van der Waals surface area contributed by atoms with E-state index < -0.39 is 5.41 Å². The number of carbonyl (C=O) groups is 1. The van der Waals surface area contributed by atoms with Crippen molar-refractivity contribution in [3.8, 4) is 0 Å². The lowest BCUT2D eigenvalue weighted by Crippen LogP contribution is -2.32. The Hall–Kier alpha value is -0.790. The number of hydrogen-bond acceptors (Lipinski definition) is 5. The summed E-state index contributed by atoms with van der Waals surface area (Å²) in [5.41, 5.74) is 2.33. The van der Waals surface area contributed by atoms with Gasteiger partial charge < -0.3 is 5.32 Å². The smallest absolute Gasteiger partial charge is 0.232 e. The van der Waals surface area contributed by atoms with Crippen molar-refractivity contribution in [3.63, 3.8) is 0 Å². The molecule has 2 rings (SSSR count). The summed E-state index contributed by atoms with van der Waals surface area (Å²) in [6.07, 6.45) is 0.708. The van der Waals surface area contributed by atoms with E-state index in [-0.39, 0.29) is 5.91 Å². The molecule has 2 aromatic heterocycles. The molecule has 0 aliphatic rings. The molecule has 1 amide bonds. The minimum Gasteiger partial charge on any atom is -0.300 e. The standard InChI is InChI=1S/C12H14BrN3OS2/c1-7-4-9(13)19-8(7)5-12(2,3)10(17)15-11-16-14-6-18-11/h4,6H,5H2,1-3H3,(H,15,16,17). The Morgan fingerprint density at radius 1 is 1.53 bits per heavy atom. The summed E-state index contributed by atoms with van der Waals surface area (Å²) in [7, 11) is 0. The van der Waals surface area contributed by atoms with Gasteiger partial charge in [0.25, 0.3) is 0 Å². The normalized spacial score (nSPS) is 11.6. The predicted molar refractivity (Wildman–Crippen MR) is 82.8 cm³/mol. The van der Waals surface area contributed by atoms with Crippen molar-refractivity contribution in [1.29, 1.82) is 0 Å². The van der Waals surface area contributed by atoms with Crippen LogP contribution in [-0.4, -0.2) is 16.1 Å². The highest BCUT2D eigenvalue weighted by molar-refractivity contribution is 9.11. The number of thiophene rings is 1. The number of carbonyl (C=O) groups excluding carboxylic acids is 1. The lowest BCUT2D eigenvalue weighted by molar-refractivity contribution is -0.123. The molecule has 1 N–H and O–H groups in total. The quantitative estimate of drug-likeness (QED) is 0.900. The van der Waals surface area contributed by atoms with Crippen LogP contribution in [0.2, 0.25) is 0 Å². The van der Waals surface area contributed by atoms with Gasteiger partial charge in [0.2, 0.25) is 11.0 Å². The topological polar surface area (TPSA) is 54.9 Å². The molecule has 0 saturated carbocycles. The predicted octanol–water partition coefficient (Wildman–Crippen LogP) is 3.88. The number of nitrogens with zero attached hydrogens (tertiary/aromatic N) is 2. The zero-order valence-electron chi connectivity index (χ0n) is 10.9. The average molecular weight is 360 g/mol. The molecule has 0 unspecified atom stereocenters. The lowest BCUT2D eigenvalue weighted by atomic mass is 9.87. The molecule has 0 spiro atoms. The van der Waals surface area contributed by atoms with E-state index in [0.29, 0.717) is 11.6 Å². The first-order chi connectivity index (χ1) is 8.88. The van der Waals surface area contributed by atoms with E-state index in [4.69, 9.17) is 0 Å². The number of halogens is 1. The van der Waals surface area contributed by atoms with E-state index in [9.17, 15) is 4.79 Å². The van der Waals surface area contributed by atoms with E-state index in [1.165, 1.54) is 21.8 Å². The maximum atomic E-state index is 12.3. The molecule has 2 heterocycles. The van der Waals surface area contributed by atoms with Crippen LogP contribution in [-0.2, 0) is 11.2 Å². The SMILES string of the molecule is Cc1cc(Br)sc1CC(C)(C)C(=O)Nc1nncs1. The number of aromatic nitrogens is 2. The van der Waals surface area contributed by atoms with Gasteiger partial charge in [-0.05, 0) is 40.9 Å². The number of hydrogen-bond donors (Lipinski definition) is 1. The van der Waals surface area contributed by atoms with Crippen LogP contribution in [0.15, 0.2) is 15.4 Å². The van der Waals surface area contributed by atoms with E-state index in [2.05, 4.69) is 44.4 Å². The van der Waals surface area contributed by atoms with E-state index in [1.54, 1.807) is 16.8 Å². The average Bonchev–Trinajstić information content (AvgIpc) is 2.89. The minimum atomic E-state index is -0.485. The second kappa shape index (κ2) is 5.68. The molecule has 0 fully saturated rings. The fourth-order valence-corrected chi connectivity index (χ4v) is 4.12. The highest BCUT2D eigenvalue weighted by atomic mass is 79.9. The van der Waals surface area contributed by atoms with Crippen molar-refractivity contribution in [3.05, 3.63) is 25.8 Å². The summed E-state index contributed by atoms with van der Waals surface area (Å²) in [4.78, 5) is 13.5. The third-order valence-corrected chi connectivity index (χ3v) is 5.13. The summed E-state index contributed by atoms with van der Waals surface area (Å²) in [5.74, 6) is -0.0341. The summed E-state index contributed by atoms with van der Waals surface area (Å²) < 4.78 is 1.10. The Kier molecular flexibility index (Phi) is 4.37. The monoisotopic (exact) mass is 359 g/mol. The molecule has 2 aromatic rings. The molecule has 19 heavy (non-hydrogen) atoms. The number of amides is 1. The van der Waals surface area contributed by atoms with Gasteiger partial charge in [-0.2, -0.15) is 0 Å². The van der Waals surface area contributed by atoms with Crippen LogP contribution in [0.25, 0.3) is 0 Å². The number of nitrogens with one attached hydrogen (secondary N) is 1. The fourth-order valence-electron chi connectivity index (χ4n) is 1.63. The summed E-state index contributed by atoms with van der Waals surface area (Å²) in [6, 6.07) is 2.08. The van der Waals surface area contributed by atoms with Gasteiger partial charge in [-0.25, -0.2) is 0 Å². The number of aryl methyl sites for hydroxylation is 1. The third-order valence-electron chi connectivity index (χ3n) is 2.79. The first-order valence-corrected chi connectivity index (χ1v) is 8.20. The van der Waals surface area contributed by atoms with Crippen LogP contribution in [0.4, 0.5) is 5.13 Å². The van der Waals surface area contributed by atoms with Gasteiger partial charge in [-0.1, -0.05) is 25.2 Å². The molecule has 4 nitrogen and oxygen atoms in total. The minimum absolute atomic E-state index is 0.0341. The molecule has 0 aliphatic carbocycles. The van der Waals surface area contributed by atoms with Crippen molar-refractivity contribution in [2.45, 2.75) is 27.2 Å². The maximum Gasteiger partial charge on any atom is 0.232 e. The molecule has 7 heteroatoms. The van der Waals surface area contributed by atoms with Crippen LogP contribution < -0.4 is 5.32 Å². The van der Waals surface area contributed by atoms with Crippen molar-refractivity contribution < 1.29 is 4.79 Å². The van der Waals surface area contributed by atoms with Crippen molar-refractivity contribution in [2.75, 3.05) is 5.32 Å².